The topological polar surface area (TPSA) is 37.4 Å². The molecule has 1 aromatic rings. The molecule has 1 aromatic heterocycles. The maximum Gasteiger partial charge on any atom is 0.213 e. The van der Waals surface area contributed by atoms with Crippen LogP contribution in [0.25, 0.3) is 0 Å². The first-order valence-electron chi connectivity index (χ1n) is 7.59. The summed E-state index contributed by atoms with van der Waals surface area (Å²) in [6, 6.07) is 4.62. The predicted octanol–water partition coefficient (Wildman–Crippen LogP) is 2.36. The van der Waals surface area contributed by atoms with Gasteiger partial charge in [0.2, 0.25) is 5.88 Å². The molecule has 1 aliphatic rings. The molecule has 0 atom stereocenters. The number of pyridine rings is 1. The number of aryl methyl sites for hydroxylation is 1. The van der Waals surface area contributed by atoms with Crippen LogP contribution in [0, 0.1) is 6.92 Å². The van der Waals surface area contributed by atoms with Gasteiger partial charge < -0.3 is 15.0 Å². The molecule has 2 rings (SSSR count). The van der Waals surface area contributed by atoms with Crippen LogP contribution in [0.2, 0.25) is 0 Å². The molecule has 0 saturated carbocycles. The van der Waals surface area contributed by atoms with E-state index in [1.807, 2.05) is 6.07 Å². The Morgan fingerprint density at radius 1 is 1.35 bits per heavy atom. The SMILES string of the molecule is Cc1nc(OC2CCN(C)CC2)ccc1CNC(C)C. The Morgan fingerprint density at radius 3 is 2.65 bits per heavy atom. The normalized spacial score (nSPS) is 17.6. The Hall–Kier alpha value is -1.13. The van der Waals surface area contributed by atoms with Gasteiger partial charge in [0.25, 0.3) is 0 Å². The molecule has 1 N–H and O–H groups in total. The van der Waals surface area contributed by atoms with E-state index in [0.29, 0.717) is 12.1 Å². The minimum Gasteiger partial charge on any atom is -0.474 e. The van der Waals surface area contributed by atoms with Crippen LogP contribution in [-0.2, 0) is 6.54 Å². The lowest BCUT2D eigenvalue weighted by Crippen LogP contribution is -2.35. The summed E-state index contributed by atoms with van der Waals surface area (Å²) in [6.45, 7) is 9.45. The zero-order valence-corrected chi connectivity index (χ0v) is 13.1. The first-order chi connectivity index (χ1) is 9.54. The van der Waals surface area contributed by atoms with E-state index >= 15 is 0 Å². The number of hydrogen-bond acceptors (Lipinski definition) is 4. The van der Waals surface area contributed by atoms with Gasteiger partial charge in [-0.25, -0.2) is 4.98 Å². The predicted molar refractivity (Wildman–Crippen MR) is 82.1 cm³/mol. The second-order valence-electron chi connectivity index (χ2n) is 6.05. The van der Waals surface area contributed by atoms with E-state index in [9.17, 15) is 0 Å². The third kappa shape index (κ3) is 4.46. The summed E-state index contributed by atoms with van der Waals surface area (Å²) in [5.41, 5.74) is 2.30. The molecule has 4 nitrogen and oxygen atoms in total. The smallest absolute Gasteiger partial charge is 0.213 e. The van der Waals surface area contributed by atoms with Crippen LogP contribution in [0.15, 0.2) is 12.1 Å². The van der Waals surface area contributed by atoms with Crippen molar-refractivity contribution < 1.29 is 4.74 Å². The van der Waals surface area contributed by atoms with Crippen molar-refractivity contribution >= 4 is 0 Å². The molecule has 0 spiro atoms. The molecule has 1 aliphatic heterocycles. The molecule has 0 aliphatic carbocycles. The largest absolute Gasteiger partial charge is 0.474 e. The van der Waals surface area contributed by atoms with Crippen LogP contribution < -0.4 is 10.1 Å². The lowest BCUT2D eigenvalue weighted by atomic mass is 10.1. The standard InChI is InChI=1S/C16H27N3O/c1-12(2)17-11-14-5-6-16(18-13(14)3)20-15-7-9-19(4)10-8-15/h5-6,12,15,17H,7-11H2,1-4H3. The van der Waals surface area contributed by atoms with Gasteiger partial charge in [0, 0.05) is 37.4 Å². The van der Waals surface area contributed by atoms with Gasteiger partial charge in [-0.05, 0) is 32.4 Å². The average Bonchev–Trinajstić information content (AvgIpc) is 2.40. The van der Waals surface area contributed by atoms with E-state index < -0.39 is 0 Å². The lowest BCUT2D eigenvalue weighted by Gasteiger charge is -2.29. The fourth-order valence-electron chi connectivity index (χ4n) is 2.41. The second kappa shape index (κ2) is 7.04. The van der Waals surface area contributed by atoms with Crippen molar-refractivity contribution in [3.05, 3.63) is 23.4 Å². The molecule has 112 valence electrons. The highest BCUT2D eigenvalue weighted by atomic mass is 16.5. The van der Waals surface area contributed by atoms with E-state index in [2.05, 4.69) is 49.1 Å². The van der Waals surface area contributed by atoms with E-state index in [1.165, 1.54) is 5.56 Å². The monoisotopic (exact) mass is 277 g/mol. The molecule has 0 bridgehead atoms. The minimum absolute atomic E-state index is 0.317. The number of aromatic nitrogens is 1. The fraction of sp³-hybridized carbons (Fsp3) is 0.688. The second-order valence-corrected chi connectivity index (χ2v) is 6.05. The summed E-state index contributed by atoms with van der Waals surface area (Å²) < 4.78 is 6.01. The van der Waals surface area contributed by atoms with Gasteiger partial charge in [-0.1, -0.05) is 19.9 Å². The third-order valence-corrected chi connectivity index (χ3v) is 3.82. The highest BCUT2D eigenvalue weighted by Crippen LogP contribution is 2.18. The maximum atomic E-state index is 6.01. The van der Waals surface area contributed by atoms with Gasteiger partial charge in [-0.15, -0.1) is 0 Å². The number of hydrogen-bond donors (Lipinski definition) is 1. The Bertz CT molecular complexity index is 426. The number of rotatable bonds is 5. The zero-order chi connectivity index (χ0) is 14.5. The lowest BCUT2D eigenvalue weighted by molar-refractivity contribution is 0.110. The average molecular weight is 277 g/mol. The van der Waals surface area contributed by atoms with Crippen molar-refractivity contribution in [1.29, 1.82) is 0 Å². The first kappa shape index (κ1) is 15.3. The van der Waals surface area contributed by atoms with E-state index in [4.69, 9.17) is 4.74 Å². The molecule has 0 unspecified atom stereocenters. The molecule has 2 heterocycles. The van der Waals surface area contributed by atoms with Gasteiger partial charge >= 0.3 is 0 Å². The Balaban J connectivity index is 1.91. The van der Waals surface area contributed by atoms with Crippen LogP contribution in [0.4, 0.5) is 0 Å². The number of ether oxygens (including phenoxy) is 1. The first-order valence-corrected chi connectivity index (χ1v) is 7.59. The van der Waals surface area contributed by atoms with Gasteiger partial charge in [0.15, 0.2) is 0 Å². The number of nitrogens with zero attached hydrogens (tertiary/aromatic N) is 2. The summed E-state index contributed by atoms with van der Waals surface area (Å²) in [7, 11) is 2.16. The molecule has 4 heteroatoms. The molecular formula is C16H27N3O. The minimum atomic E-state index is 0.317. The van der Waals surface area contributed by atoms with Crippen LogP contribution in [-0.4, -0.2) is 42.2 Å². The van der Waals surface area contributed by atoms with Crippen LogP contribution in [0.5, 0.6) is 5.88 Å². The Labute approximate surface area is 122 Å². The van der Waals surface area contributed by atoms with E-state index in [1.54, 1.807) is 0 Å². The molecule has 0 amide bonds. The van der Waals surface area contributed by atoms with Crippen molar-refractivity contribution in [2.24, 2.45) is 0 Å². The molecule has 20 heavy (non-hydrogen) atoms. The fourth-order valence-corrected chi connectivity index (χ4v) is 2.41. The van der Waals surface area contributed by atoms with Crippen molar-refractivity contribution in [2.45, 2.75) is 52.3 Å². The molecule has 1 fully saturated rings. The summed E-state index contributed by atoms with van der Waals surface area (Å²) in [5, 5.41) is 3.42. The van der Waals surface area contributed by atoms with E-state index in [-0.39, 0.29) is 0 Å². The summed E-state index contributed by atoms with van der Waals surface area (Å²) >= 11 is 0. The maximum absolute atomic E-state index is 6.01. The van der Waals surface area contributed by atoms with Crippen LogP contribution in [0.3, 0.4) is 0 Å². The Kier molecular flexibility index (Phi) is 5.38. The highest BCUT2D eigenvalue weighted by Gasteiger charge is 2.18. The highest BCUT2D eigenvalue weighted by molar-refractivity contribution is 5.25. The molecule has 0 radical (unpaired) electrons. The Morgan fingerprint density at radius 2 is 2.05 bits per heavy atom. The number of nitrogens with one attached hydrogen (secondary N) is 1. The van der Waals surface area contributed by atoms with Gasteiger partial charge in [-0.3, -0.25) is 0 Å². The quantitative estimate of drug-likeness (QED) is 0.896. The summed E-state index contributed by atoms with van der Waals surface area (Å²) in [4.78, 5) is 6.93. The van der Waals surface area contributed by atoms with Crippen molar-refractivity contribution in [3.8, 4) is 5.88 Å². The third-order valence-electron chi connectivity index (χ3n) is 3.82. The summed E-state index contributed by atoms with van der Waals surface area (Å²) in [6.07, 6.45) is 2.50. The van der Waals surface area contributed by atoms with Gasteiger partial charge in [0.1, 0.15) is 6.10 Å². The van der Waals surface area contributed by atoms with Crippen LogP contribution >= 0.6 is 0 Å². The number of likely N-dealkylation sites (tertiary alicyclic amines) is 1. The van der Waals surface area contributed by atoms with Crippen LogP contribution in [0.1, 0.15) is 37.9 Å². The van der Waals surface area contributed by atoms with Gasteiger partial charge in [0.05, 0.1) is 0 Å². The van der Waals surface area contributed by atoms with E-state index in [0.717, 1.165) is 44.0 Å². The zero-order valence-electron chi connectivity index (χ0n) is 13.1. The summed E-state index contributed by atoms with van der Waals surface area (Å²) in [5.74, 6) is 0.769. The van der Waals surface area contributed by atoms with Crippen molar-refractivity contribution in [1.82, 2.24) is 15.2 Å². The van der Waals surface area contributed by atoms with Gasteiger partial charge in [-0.2, -0.15) is 0 Å². The van der Waals surface area contributed by atoms with Crippen molar-refractivity contribution in [2.75, 3.05) is 20.1 Å². The molecular weight excluding hydrogens is 250 g/mol. The number of piperidine rings is 1. The molecule has 0 aromatic carbocycles. The molecule has 1 saturated heterocycles. The van der Waals surface area contributed by atoms with Crippen molar-refractivity contribution in [3.63, 3.8) is 0 Å².